The number of ether oxygens (including phenoxy) is 1. The monoisotopic (exact) mass is 193 g/mol. The molecule has 12 heavy (non-hydrogen) atoms. The molecule has 4 heteroatoms. The predicted molar refractivity (Wildman–Crippen MR) is 49.4 cm³/mol. The van der Waals surface area contributed by atoms with Gasteiger partial charge in [0.25, 0.3) is 0 Å². The molecule has 0 aliphatic carbocycles. The van der Waals surface area contributed by atoms with Crippen LogP contribution in [0.5, 0.6) is 0 Å². The first-order valence-corrected chi connectivity index (χ1v) is 4.42. The predicted octanol–water partition coefficient (Wildman–Crippen LogP) is 1.11. The summed E-state index contributed by atoms with van der Waals surface area (Å²) in [6, 6.07) is 0. The SMILES string of the molecule is CCC(=O)N(C)CC(Cl)COC. The highest BCUT2D eigenvalue weighted by Gasteiger charge is 2.11. The zero-order chi connectivity index (χ0) is 9.56. The van der Waals surface area contributed by atoms with Gasteiger partial charge in [-0.15, -0.1) is 11.6 Å². The Balaban J connectivity index is 3.67. The highest BCUT2D eigenvalue weighted by Crippen LogP contribution is 2.00. The van der Waals surface area contributed by atoms with E-state index in [-0.39, 0.29) is 11.3 Å². The first kappa shape index (κ1) is 11.7. The summed E-state index contributed by atoms with van der Waals surface area (Å²) in [7, 11) is 3.34. The molecule has 0 bridgehead atoms. The molecule has 0 aliphatic rings. The van der Waals surface area contributed by atoms with Gasteiger partial charge in [0.1, 0.15) is 0 Å². The number of methoxy groups -OCH3 is 1. The molecule has 0 N–H and O–H groups in total. The van der Waals surface area contributed by atoms with Crippen molar-refractivity contribution in [3.63, 3.8) is 0 Å². The Morgan fingerprint density at radius 1 is 1.67 bits per heavy atom. The number of hydrogen-bond donors (Lipinski definition) is 0. The molecule has 0 aromatic heterocycles. The topological polar surface area (TPSA) is 29.5 Å². The van der Waals surface area contributed by atoms with Gasteiger partial charge in [0, 0.05) is 27.1 Å². The van der Waals surface area contributed by atoms with E-state index in [0.29, 0.717) is 19.6 Å². The third-order valence-corrected chi connectivity index (χ3v) is 1.81. The van der Waals surface area contributed by atoms with Crippen LogP contribution in [0.1, 0.15) is 13.3 Å². The maximum atomic E-state index is 11.1. The Morgan fingerprint density at radius 3 is 2.67 bits per heavy atom. The van der Waals surface area contributed by atoms with Crippen molar-refractivity contribution in [1.29, 1.82) is 0 Å². The minimum atomic E-state index is -0.115. The second kappa shape index (κ2) is 6.26. The van der Waals surface area contributed by atoms with Crippen molar-refractivity contribution >= 4 is 17.5 Å². The molecule has 0 aromatic rings. The summed E-state index contributed by atoms with van der Waals surface area (Å²) in [5.74, 6) is 0.108. The molecule has 0 rings (SSSR count). The minimum Gasteiger partial charge on any atom is -0.383 e. The van der Waals surface area contributed by atoms with Crippen molar-refractivity contribution in [2.24, 2.45) is 0 Å². The van der Waals surface area contributed by atoms with Crippen LogP contribution in [0, 0.1) is 0 Å². The fourth-order valence-corrected chi connectivity index (χ4v) is 1.24. The average molecular weight is 194 g/mol. The maximum absolute atomic E-state index is 11.1. The highest BCUT2D eigenvalue weighted by molar-refractivity contribution is 6.21. The third-order valence-electron chi connectivity index (χ3n) is 1.55. The molecule has 0 aliphatic heterocycles. The smallest absolute Gasteiger partial charge is 0.222 e. The lowest BCUT2D eigenvalue weighted by Crippen LogP contribution is -2.33. The molecule has 3 nitrogen and oxygen atoms in total. The van der Waals surface area contributed by atoms with Gasteiger partial charge in [0.15, 0.2) is 0 Å². The quantitative estimate of drug-likeness (QED) is 0.613. The minimum absolute atomic E-state index is 0.108. The average Bonchev–Trinajstić information content (AvgIpc) is 2.03. The number of carbonyl (C=O) groups is 1. The largest absolute Gasteiger partial charge is 0.383 e. The summed E-state index contributed by atoms with van der Waals surface area (Å²) in [6.45, 7) is 2.85. The van der Waals surface area contributed by atoms with Crippen LogP contribution in [-0.2, 0) is 9.53 Å². The summed E-state index contributed by atoms with van der Waals surface area (Å²) in [5.41, 5.74) is 0. The van der Waals surface area contributed by atoms with E-state index in [1.54, 1.807) is 19.1 Å². The number of amides is 1. The van der Waals surface area contributed by atoms with E-state index in [4.69, 9.17) is 16.3 Å². The summed E-state index contributed by atoms with van der Waals surface area (Å²) in [4.78, 5) is 12.7. The van der Waals surface area contributed by atoms with Crippen LogP contribution in [0.3, 0.4) is 0 Å². The van der Waals surface area contributed by atoms with Crippen LogP contribution < -0.4 is 0 Å². The lowest BCUT2D eigenvalue weighted by Gasteiger charge is -2.19. The fourth-order valence-electron chi connectivity index (χ4n) is 0.902. The summed E-state index contributed by atoms with van der Waals surface area (Å²) in [5, 5.41) is -0.115. The van der Waals surface area contributed by atoms with Crippen molar-refractivity contribution in [1.82, 2.24) is 4.90 Å². The first-order chi connectivity index (χ1) is 5.61. The second-order valence-corrected chi connectivity index (χ2v) is 3.30. The van der Waals surface area contributed by atoms with Gasteiger partial charge < -0.3 is 9.64 Å². The number of hydrogen-bond acceptors (Lipinski definition) is 2. The Morgan fingerprint density at radius 2 is 2.25 bits per heavy atom. The number of rotatable bonds is 5. The lowest BCUT2D eigenvalue weighted by atomic mass is 10.3. The van der Waals surface area contributed by atoms with Crippen LogP contribution in [0.25, 0.3) is 0 Å². The molecule has 72 valence electrons. The van der Waals surface area contributed by atoms with Crippen molar-refractivity contribution in [2.75, 3.05) is 27.3 Å². The third kappa shape index (κ3) is 4.57. The first-order valence-electron chi connectivity index (χ1n) is 3.98. The van der Waals surface area contributed by atoms with Crippen LogP contribution in [-0.4, -0.2) is 43.5 Å². The Bertz CT molecular complexity index is 141. The van der Waals surface area contributed by atoms with E-state index in [0.717, 1.165) is 0 Å². The number of alkyl halides is 1. The Hall–Kier alpha value is -0.280. The molecule has 0 heterocycles. The van der Waals surface area contributed by atoms with Crippen LogP contribution in [0.15, 0.2) is 0 Å². The van der Waals surface area contributed by atoms with E-state index in [1.165, 1.54) is 0 Å². The highest BCUT2D eigenvalue weighted by atomic mass is 35.5. The van der Waals surface area contributed by atoms with Crippen molar-refractivity contribution in [3.8, 4) is 0 Å². The molecule has 1 amide bonds. The summed E-state index contributed by atoms with van der Waals surface area (Å²) >= 11 is 5.86. The lowest BCUT2D eigenvalue weighted by molar-refractivity contribution is -0.129. The Kier molecular flexibility index (Phi) is 6.11. The summed E-state index contributed by atoms with van der Waals surface area (Å²) in [6.07, 6.45) is 0.521. The number of halogens is 1. The van der Waals surface area contributed by atoms with Gasteiger partial charge in [-0.05, 0) is 0 Å². The van der Waals surface area contributed by atoms with Crippen LogP contribution in [0.2, 0.25) is 0 Å². The van der Waals surface area contributed by atoms with E-state index >= 15 is 0 Å². The van der Waals surface area contributed by atoms with E-state index in [2.05, 4.69) is 0 Å². The molecule has 0 spiro atoms. The molecular weight excluding hydrogens is 178 g/mol. The number of carbonyl (C=O) groups excluding carboxylic acids is 1. The molecule has 0 saturated heterocycles. The van der Waals surface area contributed by atoms with Crippen molar-refractivity contribution < 1.29 is 9.53 Å². The molecule has 0 saturated carbocycles. The standard InChI is InChI=1S/C8H16ClNO2/c1-4-8(11)10(2)5-7(9)6-12-3/h7H,4-6H2,1-3H3. The molecule has 1 unspecified atom stereocenters. The van der Waals surface area contributed by atoms with Gasteiger partial charge in [-0.2, -0.15) is 0 Å². The van der Waals surface area contributed by atoms with Gasteiger partial charge >= 0.3 is 0 Å². The maximum Gasteiger partial charge on any atom is 0.222 e. The molecule has 0 fully saturated rings. The zero-order valence-electron chi connectivity index (χ0n) is 7.84. The van der Waals surface area contributed by atoms with Gasteiger partial charge in [-0.25, -0.2) is 0 Å². The van der Waals surface area contributed by atoms with Gasteiger partial charge in [-0.1, -0.05) is 6.92 Å². The molecular formula is C8H16ClNO2. The van der Waals surface area contributed by atoms with E-state index in [1.807, 2.05) is 6.92 Å². The fraction of sp³-hybridized carbons (Fsp3) is 0.875. The van der Waals surface area contributed by atoms with Gasteiger partial charge in [-0.3, -0.25) is 4.79 Å². The van der Waals surface area contributed by atoms with E-state index < -0.39 is 0 Å². The van der Waals surface area contributed by atoms with Crippen molar-refractivity contribution in [2.45, 2.75) is 18.7 Å². The number of nitrogens with zero attached hydrogens (tertiary/aromatic N) is 1. The van der Waals surface area contributed by atoms with E-state index in [9.17, 15) is 4.79 Å². The molecule has 1 atom stereocenters. The molecule has 0 aromatic carbocycles. The molecule has 0 radical (unpaired) electrons. The van der Waals surface area contributed by atoms with Gasteiger partial charge in [0.2, 0.25) is 5.91 Å². The second-order valence-electron chi connectivity index (χ2n) is 2.68. The normalized spacial score (nSPS) is 12.7. The van der Waals surface area contributed by atoms with Crippen LogP contribution >= 0.6 is 11.6 Å². The zero-order valence-corrected chi connectivity index (χ0v) is 8.60. The van der Waals surface area contributed by atoms with Crippen molar-refractivity contribution in [3.05, 3.63) is 0 Å². The summed E-state index contributed by atoms with van der Waals surface area (Å²) < 4.78 is 4.85. The Labute approximate surface area is 78.6 Å². The van der Waals surface area contributed by atoms with Crippen LogP contribution in [0.4, 0.5) is 0 Å². The van der Waals surface area contributed by atoms with Gasteiger partial charge in [0.05, 0.1) is 12.0 Å².